The molecule has 0 bridgehead atoms. The summed E-state index contributed by atoms with van der Waals surface area (Å²) in [5.74, 6) is 0.470. The second-order valence-electron chi connectivity index (χ2n) is 5.79. The van der Waals surface area contributed by atoms with Crippen LogP contribution in [0.2, 0.25) is 0 Å². The van der Waals surface area contributed by atoms with Crippen LogP contribution in [0.5, 0.6) is 0 Å². The number of ether oxygens (including phenoxy) is 1. The van der Waals surface area contributed by atoms with Gasteiger partial charge in [-0.05, 0) is 18.1 Å². The van der Waals surface area contributed by atoms with Gasteiger partial charge < -0.3 is 14.2 Å². The Kier molecular flexibility index (Phi) is 4.20. The largest absolute Gasteiger partial charge is 0.373 e. The number of rotatable bonds is 4. The minimum Gasteiger partial charge on any atom is -0.373 e. The zero-order chi connectivity index (χ0) is 14.7. The third-order valence-corrected chi connectivity index (χ3v) is 3.84. The van der Waals surface area contributed by atoms with Crippen LogP contribution in [0.4, 0.5) is 5.69 Å². The maximum absolute atomic E-state index is 5.85. The average Bonchev–Trinajstić information content (AvgIpc) is 3.00. The Labute approximate surface area is 125 Å². The van der Waals surface area contributed by atoms with Crippen molar-refractivity contribution < 1.29 is 4.74 Å². The first-order valence-electron chi connectivity index (χ1n) is 7.50. The predicted octanol–water partition coefficient (Wildman–Crippen LogP) is 2.31. The summed E-state index contributed by atoms with van der Waals surface area (Å²) in [4.78, 5) is 11.0. The van der Waals surface area contributed by atoms with Crippen molar-refractivity contribution in [3.05, 3.63) is 42.7 Å². The monoisotopic (exact) mass is 286 g/mol. The molecule has 1 saturated heterocycles. The summed E-state index contributed by atoms with van der Waals surface area (Å²) < 4.78 is 7.92. The quantitative estimate of drug-likeness (QED) is 0.865. The van der Waals surface area contributed by atoms with E-state index in [-0.39, 0.29) is 6.10 Å². The number of aromatic nitrogens is 3. The molecule has 1 aliphatic rings. The highest BCUT2D eigenvalue weighted by molar-refractivity contribution is 5.45. The Morgan fingerprint density at radius 1 is 1.38 bits per heavy atom. The summed E-state index contributed by atoms with van der Waals surface area (Å²) in [6, 6.07) is 4.29. The van der Waals surface area contributed by atoms with E-state index in [0.717, 1.165) is 31.9 Å². The lowest BCUT2D eigenvalue weighted by Gasteiger charge is -2.34. The maximum atomic E-state index is 5.85. The van der Waals surface area contributed by atoms with Gasteiger partial charge in [0.05, 0.1) is 37.5 Å². The molecule has 112 valence electrons. The van der Waals surface area contributed by atoms with Gasteiger partial charge in [-0.2, -0.15) is 0 Å². The summed E-state index contributed by atoms with van der Waals surface area (Å²) in [6.07, 6.45) is 7.78. The van der Waals surface area contributed by atoms with Crippen LogP contribution in [0.3, 0.4) is 0 Å². The Morgan fingerprint density at radius 2 is 2.29 bits per heavy atom. The molecular formula is C16H22N4O. The van der Waals surface area contributed by atoms with E-state index in [2.05, 4.69) is 45.4 Å². The SMILES string of the molecule is CC(C)c1ccc(N2CCO[C@@H](Cn3ccnc3)C2)cn1. The number of morpholine rings is 1. The second kappa shape index (κ2) is 6.26. The zero-order valence-corrected chi connectivity index (χ0v) is 12.6. The van der Waals surface area contributed by atoms with Crippen LogP contribution in [0.15, 0.2) is 37.1 Å². The van der Waals surface area contributed by atoms with Crippen LogP contribution in [0.25, 0.3) is 0 Å². The Hall–Kier alpha value is -1.88. The van der Waals surface area contributed by atoms with Crippen molar-refractivity contribution in [3.8, 4) is 0 Å². The van der Waals surface area contributed by atoms with Crippen molar-refractivity contribution in [2.75, 3.05) is 24.6 Å². The molecule has 5 nitrogen and oxygen atoms in total. The van der Waals surface area contributed by atoms with Gasteiger partial charge in [0.15, 0.2) is 0 Å². The van der Waals surface area contributed by atoms with Crippen molar-refractivity contribution in [1.29, 1.82) is 0 Å². The summed E-state index contributed by atoms with van der Waals surface area (Å²) in [7, 11) is 0. The van der Waals surface area contributed by atoms with Gasteiger partial charge in [-0.15, -0.1) is 0 Å². The van der Waals surface area contributed by atoms with Crippen molar-refractivity contribution >= 4 is 5.69 Å². The van der Waals surface area contributed by atoms with Gasteiger partial charge in [0.25, 0.3) is 0 Å². The molecule has 2 aromatic heterocycles. The molecule has 5 heteroatoms. The van der Waals surface area contributed by atoms with Crippen molar-refractivity contribution in [2.24, 2.45) is 0 Å². The van der Waals surface area contributed by atoms with Gasteiger partial charge in [0.2, 0.25) is 0 Å². The summed E-state index contributed by atoms with van der Waals surface area (Å²) in [5, 5.41) is 0. The lowest BCUT2D eigenvalue weighted by Crippen LogP contribution is -2.44. The summed E-state index contributed by atoms with van der Waals surface area (Å²) in [6.45, 7) is 7.74. The van der Waals surface area contributed by atoms with E-state index >= 15 is 0 Å². The lowest BCUT2D eigenvalue weighted by atomic mass is 10.1. The van der Waals surface area contributed by atoms with E-state index in [1.165, 1.54) is 5.69 Å². The molecule has 0 amide bonds. The van der Waals surface area contributed by atoms with Crippen LogP contribution in [-0.2, 0) is 11.3 Å². The zero-order valence-electron chi connectivity index (χ0n) is 12.6. The minimum atomic E-state index is 0.192. The van der Waals surface area contributed by atoms with E-state index in [4.69, 9.17) is 4.74 Å². The molecule has 0 saturated carbocycles. The Morgan fingerprint density at radius 3 is 2.95 bits per heavy atom. The van der Waals surface area contributed by atoms with Crippen LogP contribution in [-0.4, -0.2) is 40.3 Å². The maximum Gasteiger partial charge on any atom is 0.0946 e. The van der Waals surface area contributed by atoms with E-state index in [1.807, 2.05) is 18.7 Å². The highest BCUT2D eigenvalue weighted by Gasteiger charge is 2.21. The summed E-state index contributed by atoms with van der Waals surface area (Å²) >= 11 is 0. The van der Waals surface area contributed by atoms with Crippen molar-refractivity contribution in [2.45, 2.75) is 32.4 Å². The van der Waals surface area contributed by atoms with E-state index in [0.29, 0.717) is 5.92 Å². The van der Waals surface area contributed by atoms with Gasteiger partial charge in [0, 0.05) is 31.2 Å². The van der Waals surface area contributed by atoms with Crippen LogP contribution < -0.4 is 4.90 Å². The topological polar surface area (TPSA) is 43.2 Å². The normalized spacial score (nSPS) is 19.2. The predicted molar refractivity (Wildman–Crippen MR) is 82.5 cm³/mol. The molecule has 0 spiro atoms. The molecule has 0 unspecified atom stereocenters. The third kappa shape index (κ3) is 3.42. The smallest absolute Gasteiger partial charge is 0.0946 e. The molecule has 0 aromatic carbocycles. The first-order chi connectivity index (χ1) is 10.2. The average molecular weight is 286 g/mol. The standard InChI is InChI=1S/C16H22N4O/c1-13(2)16-4-3-14(9-18-16)20-7-8-21-15(11-20)10-19-6-5-17-12-19/h3-6,9,12-13,15H,7-8,10-11H2,1-2H3/t15-/m0/s1. The number of anilines is 1. The second-order valence-corrected chi connectivity index (χ2v) is 5.79. The van der Waals surface area contributed by atoms with E-state index in [9.17, 15) is 0 Å². The molecule has 0 radical (unpaired) electrons. The first kappa shape index (κ1) is 14.1. The summed E-state index contributed by atoms with van der Waals surface area (Å²) in [5.41, 5.74) is 2.32. The number of pyridine rings is 1. The van der Waals surface area contributed by atoms with Crippen LogP contribution in [0.1, 0.15) is 25.5 Å². The van der Waals surface area contributed by atoms with Crippen LogP contribution in [0, 0.1) is 0 Å². The third-order valence-electron chi connectivity index (χ3n) is 3.84. The van der Waals surface area contributed by atoms with Gasteiger partial charge in [-0.1, -0.05) is 13.8 Å². The van der Waals surface area contributed by atoms with E-state index < -0.39 is 0 Å². The highest BCUT2D eigenvalue weighted by Crippen LogP contribution is 2.20. The molecule has 0 aliphatic carbocycles. The van der Waals surface area contributed by atoms with Crippen molar-refractivity contribution in [1.82, 2.24) is 14.5 Å². The van der Waals surface area contributed by atoms with Gasteiger partial charge in [0.1, 0.15) is 0 Å². The van der Waals surface area contributed by atoms with Gasteiger partial charge >= 0.3 is 0 Å². The fourth-order valence-electron chi connectivity index (χ4n) is 2.62. The molecule has 0 N–H and O–H groups in total. The van der Waals surface area contributed by atoms with Gasteiger partial charge in [-0.25, -0.2) is 4.98 Å². The molecule has 3 heterocycles. The molecule has 1 aliphatic heterocycles. The molecule has 21 heavy (non-hydrogen) atoms. The number of nitrogens with zero attached hydrogens (tertiary/aromatic N) is 4. The Bertz CT molecular complexity index is 550. The minimum absolute atomic E-state index is 0.192. The van der Waals surface area contributed by atoms with E-state index in [1.54, 1.807) is 6.20 Å². The van der Waals surface area contributed by atoms with Crippen LogP contribution >= 0.6 is 0 Å². The lowest BCUT2D eigenvalue weighted by molar-refractivity contribution is 0.0296. The number of hydrogen-bond acceptors (Lipinski definition) is 4. The molecule has 2 aromatic rings. The number of hydrogen-bond donors (Lipinski definition) is 0. The molecule has 1 atom stereocenters. The highest BCUT2D eigenvalue weighted by atomic mass is 16.5. The fourth-order valence-corrected chi connectivity index (χ4v) is 2.62. The molecular weight excluding hydrogens is 264 g/mol. The Balaban J connectivity index is 1.65. The molecule has 1 fully saturated rings. The molecule has 3 rings (SSSR count). The number of imidazole rings is 1. The fraction of sp³-hybridized carbons (Fsp3) is 0.500. The van der Waals surface area contributed by atoms with Crippen molar-refractivity contribution in [3.63, 3.8) is 0 Å². The first-order valence-corrected chi connectivity index (χ1v) is 7.50. The van der Waals surface area contributed by atoms with Gasteiger partial charge in [-0.3, -0.25) is 4.98 Å².